The summed E-state index contributed by atoms with van der Waals surface area (Å²) >= 11 is 0. The summed E-state index contributed by atoms with van der Waals surface area (Å²) in [6, 6.07) is 7.21. The molecule has 0 unspecified atom stereocenters. The summed E-state index contributed by atoms with van der Waals surface area (Å²) in [7, 11) is 0. The Kier molecular flexibility index (Phi) is 5.58. The summed E-state index contributed by atoms with van der Waals surface area (Å²) in [6.45, 7) is 6.21. The number of anilines is 5. The number of aromatic nitrogens is 3. The molecule has 2 N–H and O–H groups in total. The Morgan fingerprint density at radius 2 is 2.21 bits per heavy atom. The monoisotopic (exact) mass is 461 g/mol. The van der Waals surface area contributed by atoms with Gasteiger partial charge in [-0.1, -0.05) is 12.6 Å². The van der Waals surface area contributed by atoms with Gasteiger partial charge in [-0.15, -0.1) is 0 Å². The fourth-order valence-corrected chi connectivity index (χ4v) is 3.68. The number of hydrogen-bond acceptors (Lipinski definition) is 8. The lowest BCUT2D eigenvalue weighted by molar-refractivity contribution is -0.111. The predicted molar refractivity (Wildman–Crippen MR) is 124 cm³/mol. The molecule has 5 rings (SSSR count). The van der Waals surface area contributed by atoms with Gasteiger partial charge in [-0.2, -0.15) is 9.97 Å². The number of nitrogens with zero attached hydrogens (tertiary/aromatic N) is 5. The maximum absolute atomic E-state index is 13.5. The van der Waals surface area contributed by atoms with E-state index >= 15 is 0 Å². The van der Waals surface area contributed by atoms with Crippen molar-refractivity contribution in [2.75, 3.05) is 22.1 Å². The van der Waals surface area contributed by atoms with Gasteiger partial charge in [0.25, 0.3) is 5.88 Å². The molecule has 0 saturated heterocycles. The van der Waals surface area contributed by atoms with Gasteiger partial charge in [0.05, 0.1) is 18.8 Å². The van der Waals surface area contributed by atoms with Gasteiger partial charge in [-0.05, 0) is 44.0 Å². The molecule has 0 spiro atoms. The number of fused-ring (bicyclic) bond motifs is 1. The number of rotatable bonds is 8. The van der Waals surface area contributed by atoms with E-state index in [0.29, 0.717) is 36.2 Å². The summed E-state index contributed by atoms with van der Waals surface area (Å²) < 4.78 is 10.7. The first-order chi connectivity index (χ1) is 16.6. The van der Waals surface area contributed by atoms with Crippen LogP contribution in [-0.4, -0.2) is 44.4 Å². The minimum atomic E-state index is -0.340. The van der Waals surface area contributed by atoms with Crippen molar-refractivity contribution in [1.82, 2.24) is 19.9 Å². The molecule has 1 aromatic carbocycles. The number of oxazole rings is 1. The number of urea groups is 1. The van der Waals surface area contributed by atoms with Crippen LogP contribution in [0.15, 0.2) is 53.8 Å². The molecule has 34 heavy (non-hydrogen) atoms. The molecule has 0 bridgehead atoms. The van der Waals surface area contributed by atoms with E-state index in [1.807, 2.05) is 11.8 Å². The molecule has 3 heterocycles. The molecule has 0 atom stereocenters. The molecule has 0 radical (unpaired) electrons. The Labute approximate surface area is 195 Å². The van der Waals surface area contributed by atoms with Gasteiger partial charge in [-0.25, -0.2) is 14.7 Å². The minimum Gasteiger partial charge on any atom is -0.476 e. The number of carbonyl (C=O) groups excluding carboxylic acids is 2. The summed E-state index contributed by atoms with van der Waals surface area (Å²) in [5.41, 5.74) is 1.91. The van der Waals surface area contributed by atoms with Gasteiger partial charge in [0.2, 0.25) is 11.9 Å². The van der Waals surface area contributed by atoms with Crippen LogP contribution < -0.4 is 20.3 Å². The molecule has 2 aromatic heterocycles. The zero-order valence-corrected chi connectivity index (χ0v) is 18.5. The fraction of sp³-hybridized carbons (Fsp3) is 0.261. The molecule has 1 saturated carbocycles. The molecule has 11 nitrogen and oxygen atoms in total. The quantitative estimate of drug-likeness (QED) is 0.483. The second-order valence-corrected chi connectivity index (χ2v) is 7.81. The maximum atomic E-state index is 13.5. The van der Waals surface area contributed by atoms with Gasteiger partial charge in [0.1, 0.15) is 0 Å². The highest BCUT2D eigenvalue weighted by atomic mass is 16.5. The van der Waals surface area contributed by atoms with Gasteiger partial charge >= 0.3 is 12.0 Å². The van der Waals surface area contributed by atoms with Crippen LogP contribution in [0.3, 0.4) is 0 Å². The van der Waals surface area contributed by atoms with Gasteiger partial charge in [0.15, 0.2) is 12.1 Å². The molecule has 174 valence electrons. The van der Waals surface area contributed by atoms with Crippen molar-refractivity contribution in [3.05, 3.63) is 54.9 Å². The fourth-order valence-electron chi connectivity index (χ4n) is 3.68. The van der Waals surface area contributed by atoms with Crippen LogP contribution in [0.1, 0.15) is 25.3 Å². The Morgan fingerprint density at radius 1 is 1.35 bits per heavy atom. The van der Waals surface area contributed by atoms with Crippen LogP contribution in [0.4, 0.5) is 34.0 Å². The second kappa shape index (κ2) is 8.85. The number of amides is 3. The van der Waals surface area contributed by atoms with Crippen LogP contribution in [0.25, 0.3) is 0 Å². The molecule has 1 aliphatic heterocycles. The van der Waals surface area contributed by atoms with Crippen LogP contribution >= 0.6 is 0 Å². The molecule has 3 amide bonds. The standard InChI is InChI=1S/C23H23N7O4/c1-3-18(31)25-15-6-5-7-17(10-15)30-20-14(12-29(23(30)32)16-8-9-16)11-24-21(27-20)28-22-26-19(13-34-22)33-4-2/h3,5-7,10-11,13,16H,1,4,8-9,12H2,2H3,(H,25,31)(H,24,26,27,28). The molecular weight excluding hydrogens is 438 g/mol. The number of ether oxygens (including phenoxy) is 1. The van der Waals surface area contributed by atoms with Crippen molar-refractivity contribution in [2.24, 2.45) is 0 Å². The number of nitrogens with one attached hydrogen (secondary N) is 2. The highest BCUT2D eigenvalue weighted by molar-refractivity contribution is 6.03. The van der Waals surface area contributed by atoms with Crippen LogP contribution in [0, 0.1) is 0 Å². The third-order valence-electron chi connectivity index (χ3n) is 5.37. The van der Waals surface area contributed by atoms with Crippen molar-refractivity contribution >= 4 is 41.1 Å². The number of carbonyl (C=O) groups is 2. The van der Waals surface area contributed by atoms with Gasteiger partial charge in [-0.3, -0.25) is 10.1 Å². The first-order valence-electron chi connectivity index (χ1n) is 10.9. The van der Waals surface area contributed by atoms with E-state index in [1.54, 1.807) is 30.5 Å². The van der Waals surface area contributed by atoms with E-state index in [9.17, 15) is 9.59 Å². The molecular formula is C23H23N7O4. The average Bonchev–Trinajstić information content (AvgIpc) is 3.59. The van der Waals surface area contributed by atoms with E-state index in [0.717, 1.165) is 18.4 Å². The van der Waals surface area contributed by atoms with E-state index < -0.39 is 0 Å². The lowest BCUT2D eigenvalue weighted by Gasteiger charge is -2.36. The lowest BCUT2D eigenvalue weighted by atomic mass is 10.1. The van der Waals surface area contributed by atoms with Crippen molar-refractivity contribution in [3.63, 3.8) is 0 Å². The van der Waals surface area contributed by atoms with Crippen molar-refractivity contribution < 1.29 is 18.7 Å². The smallest absolute Gasteiger partial charge is 0.330 e. The first-order valence-corrected chi connectivity index (χ1v) is 10.9. The SMILES string of the molecule is C=CC(=O)Nc1cccc(N2C(=O)N(C3CC3)Cc3cnc(Nc4nc(OCC)co4)nc32)c1. The average molecular weight is 461 g/mol. The summed E-state index contributed by atoms with van der Waals surface area (Å²) in [6.07, 6.45) is 6.20. The Morgan fingerprint density at radius 3 is 2.97 bits per heavy atom. The molecule has 11 heteroatoms. The van der Waals surface area contributed by atoms with E-state index in [1.165, 1.54) is 17.2 Å². The lowest BCUT2D eigenvalue weighted by Crippen LogP contribution is -2.46. The van der Waals surface area contributed by atoms with Crippen LogP contribution in [-0.2, 0) is 11.3 Å². The van der Waals surface area contributed by atoms with E-state index in [4.69, 9.17) is 9.15 Å². The Hall–Kier alpha value is -4.41. The maximum Gasteiger partial charge on any atom is 0.330 e. The van der Waals surface area contributed by atoms with Crippen molar-refractivity contribution in [1.29, 1.82) is 0 Å². The highest BCUT2D eigenvalue weighted by Gasteiger charge is 2.41. The number of hydrogen-bond donors (Lipinski definition) is 2. The summed E-state index contributed by atoms with van der Waals surface area (Å²) in [5.74, 6) is 0.673. The predicted octanol–water partition coefficient (Wildman–Crippen LogP) is 3.97. The Balaban J connectivity index is 1.50. The van der Waals surface area contributed by atoms with Crippen molar-refractivity contribution in [3.8, 4) is 5.88 Å². The molecule has 3 aromatic rings. The number of benzene rings is 1. The Bertz CT molecular complexity index is 1250. The third kappa shape index (κ3) is 4.27. The van der Waals surface area contributed by atoms with Crippen molar-refractivity contribution in [2.45, 2.75) is 32.4 Å². The molecule has 1 fully saturated rings. The highest BCUT2D eigenvalue weighted by Crippen LogP contribution is 2.39. The van der Waals surface area contributed by atoms with Gasteiger partial charge < -0.3 is 19.4 Å². The topological polar surface area (TPSA) is 126 Å². The van der Waals surface area contributed by atoms with Gasteiger partial charge in [0, 0.05) is 23.5 Å². The van der Waals surface area contributed by atoms with E-state index in [2.05, 4.69) is 32.2 Å². The largest absolute Gasteiger partial charge is 0.476 e. The van der Waals surface area contributed by atoms with E-state index in [-0.39, 0.29) is 29.9 Å². The molecule has 1 aliphatic carbocycles. The second-order valence-electron chi connectivity index (χ2n) is 7.81. The van der Waals surface area contributed by atoms with Crippen LogP contribution in [0.2, 0.25) is 0 Å². The normalized spacial score (nSPS) is 15.0. The minimum absolute atomic E-state index is 0.172. The summed E-state index contributed by atoms with van der Waals surface area (Å²) in [4.78, 5) is 41.8. The first kappa shape index (κ1) is 21.4. The van der Waals surface area contributed by atoms with Crippen LogP contribution in [0.5, 0.6) is 5.88 Å². The third-order valence-corrected chi connectivity index (χ3v) is 5.37. The zero-order chi connectivity index (χ0) is 23.7. The zero-order valence-electron chi connectivity index (χ0n) is 18.5. The summed E-state index contributed by atoms with van der Waals surface area (Å²) in [5, 5.41) is 5.64. The molecule has 2 aliphatic rings.